The number of aromatic carboxylic acids is 1. The number of carboxylic acid groups (broad SMARTS) is 2. The van der Waals surface area contributed by atoms with Crippen LogP contribution < -0.4 is 14.0 Å². The van der Waals surface area contributed by atoms with E-state index < -0.39 is 29.5 Å². The molecule has 10 nitrogen and oxygen atoms in total. The van der Waals surface area contributed by atoms with Gasteiger partial charge >= 0.3 is 12.1 Å². The number of benzene rings is 5. The van der Waals surface area contributed by atoms with Crippen molar-refractivity contribution < 1.29 is 51.4 Å². The highest BCUT2D eigenvalue weighted by Crippen LogP contribution is 2.34. The van der Waals surface area contributed by atoms with Gasteiger partial charge in [-0.3, -0.25) is 4.79 Å². The molecule has 2 heterocycles. The Morgan fingerprint density at radius 1 is 0.768 bits per heavy atom. The van der Waals surface area contributed by atoms with Gasteiger partial charge in [-0.15, -0.1) is 0 Å². The lowest BCUT2D eigenvalue weighted by atomic mass is 10.1. The molecule has 0 saturated carbocycles. The van der Waals surface area contributed by atoms with Crippen LogP contribution in [0.1, 0.15) is 34.8 Å². The van der Waals surface area contributed by atoms with Gasteiger partial charge in [-0.25, -0.2) is 23.3 Å². The number of hydrogen-bond acceptors (Lipinski definition) is 5. The second kappa shape index (κ2) is 16.3. The topological polar surface area (TPSA) is 120 Å². The molecule has 0 aliphatic heterocycles. The maximum absolute atomic E-state index is 13.9. The molecule has 0 bridgehead atoms. The van der Waals surface area contributed by atoms with E-state index in [1.807, 2.05) is 53.1 Å². The molecule has 7 aromatic rings. The molecule has 0 atom stereocenters. The van der Waals surface area contributed by atoms with Gasteiger partial charge in [-0.1, -0.05) is 12.1 Å². The summed E-state index contributed by atoms with van der Waals surface area (Å²) in [5.74, 6) is 0.301. The summed E-state index contributed by atoms with van der Waals surface area (Å²) in [6.07, 6.45) is -4.03. The van der Waals surface area contributed by atoms with Gasteiger partial charge < -0.3 is 24.3 Å². The number of halogens is 4. The largest absolute Gasteiger partial charge is 0.497 e. The Morgan fingerprint density at radius 3 is 1.96 bits per heavy atom. The molecule has 0 amide bonds. The predicted molar refractivity (Wildman–Crippen MR) is 201 cm³/mol. The molecule has 0 saturated heterocycles. The molecule has 0 radical (unpaired) electrons. The first kappa shape index (κ1) is 39.0. The summed E-state index contributed by atoms with van der Waals surface area (Å²) in [6, 6.07) is 29.5. The number of hydrogen-bond donors (Lipinski definition) is 2. The van der Waals surface area contributed by atoms with Crippen LogP contribution in [-0.4, -0.2) is 50.5 Å². The van der Waals surface area contributed by atoms with Gasteiger partial charge in [-0.2, -0.15) is 13.2 Å². The number of rotatable bonds is 11. The molecule has 2 aromatic heterocycles. The Balaban J connectivity index is 0.00000127. The summed E-state index contributed by atoms with van der Waals surface area (Å²) in [5, 5.41) is 17.3. The van der Waals surface area contributed by atoms with Gasteiger partial charge in [-0.05, 0) is 96.6 Å². The van der Waals surface area contributed by atoms with Crippen LogP contribution in [0.3, 0.4) is 0 Å². The SMILES string of the molecule is CC(=O)O.COc1ccc(Cn2c(-c3ccc(OC)cc3)[n+](CCCn3c(-c4ccc(F)cc4)nc4cc(C(F)(F)F)ccc43)c3ccc(C(=O)O)cc32)cc1. The van der Waals surface area contributed by atoms with E-state index in [4.69, 9.17) is 19.4 Å². The number of alkyl halides is 3. The maximum atomic E-state index is 13.9. The average Bonchev–Trinajstić information content (AvgIpc) is 3.69. The van der Waals surface area contributed by atoms with Crippen molar-refractivity contribution in [3.63, 3.8) is 0 Å². The third-order valence-corrected chi connectivity index (χ3v) is 9.10. The van der Waals surface area contributed by atoms with Crippen molar-refractivity contribution in [3.8, 4) is 34.3 Å². The van der Waals surface area contributed by atoms with E-state index in [1.165, 1.54) is 18.2 Å². The Labute approximate surface area is 318 Å². The fraction of sp³-hybridized carbons (Fsp3) is 0.190. The minimum atomic E-state index is -4.54. The van der Waals surface area contributed by atoms with Gasteiger partial charge in [0.25, 0.3) is 11.8 Å². The highest BCUT2D eigenvalue weighted by Gasteiger charge is 2.32. The molecule has 0 unspecified atom stereocenters. The van der Waals surface area contributed by atoms with Crippen LogP contribution in [0.2, 0.25) is 0 Å². The number of aryl methyl sites for hydroxylation is 2. The van der Waals surface area contributed by atoms with Crippen LogP contribution in [-0.2, 0) is 30.6 Å². The lowest BCUT2D eigenvalue weighted by Crippen LogP contribution is -2.36. The van der Waals surface area contributed by atoms with Gasteiger partial charge in [0.2, 0.25) is 0 Å². The standard InChI is InChI=1S/C40H32F4N4O4.C2H4O2/c1-51-31-14-4-25(5-15-31)24-48-36-22-28(39(49)50)10-18-35(36)47(38(48)27-8-16-32(52-2)17-9-27)21-3-20-46-34-19-11-29(40(42,43)44)23-33(34)45-37(46)26-6-12-30(41)13-7-26;1-2(3)4/h4-19,22-23H,3,20-21,24H2,1-2H3;1H3,(H,3,4)/p+1. The van der Waals surface area contributed by atoms with Crippen molar-refractivity contribution >= 4 is 34.0 Å². The number of aliphatic carboxylic acids is 1. The van der Waals surface area contributed by atoms with Gasteiger partial charge in [0.1, 0.15) is 29.7 Å². The van der Waals surface area contributed by atoms with Crippen LogP contribution in [0, 0.1) is 5.82 Å². The molecule has 0 spiro atoms. The van der Waals surface area contributed by atoms with E-state index in [0.29, 0.717) is 60.0 Å². The molecule has 7 rings (SSSR count). The molecule has 0 aliphatic rings. The van der Waals surface area contributed by atoms with E-state index in [2.05, 4.69) is 14.1 Å². The highest BCUT2D eigenvalue weighted by molar-refractivity contribution is 5.92. The van der Waals surface area contributed by atoms with E-state index in [-0.39, 0.29) is 11.1 Å². The zero-order valence-electron chi connectivity index (χ0n) is 30.5. The number of ether oxygens (including phenoxy) is 2. The third kappa shape index (κ3) is 8.49. The molecular weight excluding hydrogens is 732 g/mol. The minimum Gasteiger partial charge on any atom is -0.497 e. The fourth-order valence-corrected chi connectivity index (χ4v) is 6.57. The lowest BCUT2D eigenvalue weighted by molar-refractivity contribution is -0.661. The monoisotopic (exact) mass is 769 g/mol. The fourth-order valence-electron chi connectivity index (χ4n) is 6.57. The van der Waals surface area contributed by atoms with Crippen molar-refractivity contribution in [1.82, 2.24) is 14.1 Å². The minimum absolute atomic E-state index is 0.140. The summed E-state index contributed by atoms with van der Waals surface area (Å²) in [4.78, 5) is 25.7. The Kier molecular flexibility index (Phi) is 11.4. The number of imidazole rings is 2. The van der Waals surface area contributed by atoms with Crippen molar-refractivity contribution in [2.24, 2.45) is 0 Å². The van der Waals surface area contributed by atoms with E-state index >= 15 is 0 Å². The van der Waals surface area contributed by atoms with Crippen molar-refractivity contribution in [2.45, 2.75) is 39.2 Å². The predicted octanol–water partition coefficient (Wildman–Crippen LogP) is 8.72. The summed E-state index contributed by atoms with van der Waals surface area (Å²) in [5.41, 5.74) is 3.93. The molecule has 5 aromatic carbocycles. The van der Waals surface area contributed by atoms with Crippen LogP contribution >= 0.6 is 0 Å². The van der Waals surface area contributed by atoms with Crippen LogP contribution in [0.15, 0.2) is 109 Å². The molecule has 0 fully saturated rings. The number of carboxylic acids is 2. The lowest BCUT2D eigenvalue weighted by Gasteiger charge is -2.11. The van der Waals surface area contributed by atoms with Gasteiger partial charge in [0.15, 0.2) is 11.0 Å². The van der Waals surface area contributed by atoms with Crippen LogP contribution in [0.25, 0.3) is 44.8 Å². The summed E-state index contributed by atoms with van der Waals surface area (Å²) >= 11 is 0. The number of methoxy groups -OCH3 is 2. The zero-order valence-corrected chi connectivity index (χ0v) is 30.5. The van der Waals surface area contributed by atoms with E-state index in [9.17, 15) is 27.5 Å². The number of nitrogens with zero attached hydrogens (tertiary/aromatic N) is 4. The third-order valence-electron chi connectivity index (χ3n) is 9.10. The molecule has 0 aliphatic carbocycles. The first-order valence-electron chi connectivity index (χ1n) is 17.4. The maximum Gasteiger partial charge on any atom is 0.416 e. The molecule has 14 heteroatoms. The van der Waals surface area contributed by atoms with Crippen molar-refractivity contribution in [3.05, 3.63) is 132 Å². The highest BCUT2D eigenvalue weighted by atomic mass is 19.4. The molecular formula is C42H37F4N4O6+. The van der Waals surface area contributed by atoms with Crippen molar-refractivity contribution in [1.29, 1.82) is 0 Å². The smallest absolute Gasteiger partial charge is 0.416 e. The molecule has 56 heavy (non-hydrogen) atoms. The second-order valence-electron chi connectivity index (χ2n) is 12.8. The molecule has 2 N–H and O–H groups in total. The zero-order chi connectivity index (χ0) is 40.1. The Morgan fingerprint density at radius 2 is 1.38 bits per heavy atom. The van der Waals surface area contributed by atoms with E-state index in [1.54, 1.807) is 44.6 Å². The Hall–Kier alpha value is -6.70. The summed E-state index contributed by atoms with van der Waals surface area (Å²) in [7, 11) is 3.19. The van der Waals surface area contributed by atoms with Gasteiger partial charge in [0, 0.05) is 31.5 Å². The Bertz CT molecular complexity index is 2510. The van der Waals surface area contributed by atoms with Gasteiger partial charge in [0.05, 0.1) is 48.5 Å². The number of aromatic nitrogens is 4. The normalized spacial score (nSPS) is 11.3. The van der Waals surface area contributed by atoms with Crippen LogP contribution in [0.5, 0.6) is 11.5 Å². The summed E-state index contributed by atoms with van der Waals surface area (Å²) < 4.78 is 71.7. The van der Waals surface area contributed by atoms with E-state index in [0.717, 1.165) is 41.5 Å². The quantitative estimate of drug-likeness (QED) is 0.0998. The number of fused-ring (bicyclic) bond motifs is 2. The van der Waals surface area contributed by atoms with Crippen LogP contribution in [0.4, 0.5) is 17.6 Å². The summed E-state index contributed by atoms with van der Waals surface area (Å²) in [6.45, 7) is 2.31. The molecule has 288 valence electrons. The number of carbonyl (C=O) groups is 2. The first-order valence-corrected chi connectivity index (χ1v) is 17.4. The first-order chi connectivity index (χ1) is 26.8. The van der Waals surface area contributed by atoms with Crippen molar-refractivity contribution in [2.75, 3.05) is 14.2 Å². The average molecular weight is 770 g/mol. The second-order valence-corrected chi connectivity index (χ2v) is 12.8.